The van der Waals surface area contributed by atoms with Crippen molar-refractivity contribution in [2.45, 2.75) is 12.7 Å². The number of carbonyl (C=O) groups excluding carboxylic acids is 1. The van der Waals surface area contributed by atoms with Crippen molar-refractivity contribution in [3.05, 3.63) is 107 Å². The lowest BCUT2D eigenvalue weighted by Gasteiger charge is -2.14. The van der Waals surface area contributed by atoms with Crippen molar-refractivity contribution in [2.75, 3.05) is 18.5 Å². The summed E-state index contributed by atoms with van der Waals surface area (Å²) in [4.78, 5) is 27.5. The van der Waals surface area contributed by atoms with Gasteiger partial charge in [0.25, 0.3) is 5.91 Å². The molecule has 0 unspecified atom stereocenters. The van der Waals surface area contributed by atoms with E-state index in [0.29, 0.717) is 12.3 Å². The second kappa shape index (κ2) is 12.8. The second-order valence-electron chi connectivity index (χ2n) is 9.70. The highest BCUT2D eigenvalue weighted by molar-refractivity contribution is 7.15. The van der Waals surface area contributed by atoms with E-state index < -0.39 is 30.1 Å². The third-order valence-electron chi connectivity index (χ3n) is 6.63. The van der Waals surface area contributed by atoms with Crippen molar-refractivity contribution < 1.29 is 26.7 Å². The third kappa shape index (κ3) is 6.67. The van der Waals surface area contributed by atoms with Crippen LogP contribution in [0.4, 0.5) is 27.8 Å². The van der Waals surface area contributed by atoms with E-state index in [2.05, 4.69) is 32.2 Å². The molecule has 5 rings (SSSR count). The van der Waals surface area contributed by atoms with Gasteiger partial charge in [-0.15, -0.1) is 11.3 Å². The predicted octanol–water partition coefficient (Wildman–Crippen LogP) is 7.54. The molecule has 4 heterocycles. The Bertz CT molecular complexity index is 1920. The van der Waals surface area contributed by atoms with Gasteiger partial charge in [-0.3, -0.25) is 9.78 Å². The zero-order valence-electron chi connectivity index (χ0n) is 23.3. The maximum Gasteiger partial charge on any atom is 0.417 e. The Morgan fingerprint density at radius 2 is 1.91 bits per heavy atom. The summed E-state index contributed by atoms with van der Waals surface area (Å²) in [6.07, 6.45) is 2.91. The zero-order valence-corrected chi connectivity index (χ0v) is 24.1. The van der Waals surface area contributed by atoms with Crippen molar-refractivity contribution in [2.24, 2.45) is 7.05 Å². The molecule has 0 aliphatic rings. The van der Waals surface area contributed by atoms with Crippen LogP contribution in [-0.4, -0.2) is 38.6 Å². The van der Waals surface area contributed by atoms with Gasteiger partial charge in [0, 0.05) is 34.9 Å². The Kier molecular flexibility index (Phi) is 8.86. The minimum Gasteiger partial charge on any atom is -0.365 e. The molecule has 1 amide bonds. The van der Waals surface area contributed by atoms with Gasteiger partial charge in [-0.1, -0.05) is 24.8 Å². The average molecular weight is 625 g/mol. The van der Waals surface area contributed by atoms with E-state index in [1.165, 1.54) is 23.5 Å². The number of imidazole rings is 1. The van der Waals surface area contributed by atoms with Crippen molar-refractivity contribution in [1.29, 1.82) is 0 Å². The number of hydrogen-bond donors (Lipinski definition) is 2. The number of aromatic nitrogens is 4. The number of benzene rings is 1. The number of carbonyl (C=O) groups is 1. The summed E-state index contributed by atoms with van der Waals surface area (Å²) < 4.78 is 68.4. The van der Waals surface area contributed by atoms with Gasteiger partial charge in [-0.2, -0.15) is 13.2 Å². The van der Waals surface area contributed by atoms with Gasteiger partial charge in [0.2, 0.25) is 0 Å². The number of nitrogens with zero attached hydrogens (tertiary/aromatic N) is 4. The number of pyridine rings is 2. The Hall–Kier alpha value is -4.91. The monoisotopic (exact) mass is 624 g/mol. The quantitative estimate of drug-likeness (QED) is 0.124. The number of halogens is 5. The maximum atomic E-state index is 13.5. The first-order chi connectivity index (χ1) is 21.1. The predicted molar refractivity (Wildman–Crippen MR) is 162 cm³/mol. The van der Waals surface area contributed by atoms with Crippen molar-refractivity contribution in [3.8, 4) is 10.4 Å². The summed E-state index contributed by atoms with van der Waals surface area (Å²) in [7, 11) is 1.92. The highest BCUT2D eigenvalue weighted by Gasteiger charge is 2.32. The van der Waals surface area contributed by atoms with Crippen LogP contribution in [0.25, 0.3) is 32.4 Å². The largest absolute Gasteiger partial charge is 0.417 e. The summed E-state index contributed by atoms with van der Waals surface area (Å²) in [6.45, 7) is 2.04. The summed E-state index contributed by atoms with van der Waals surface area (Å²) in [5.74, 6) is -2.02. The molecule has 0 saturated heterocycles. The molecular weight excluding hydrogens is 599 g/mol. The van der Waals surface area contributed by atoms with E-state index in [1.54, 1.807) is 12.5 Å². The van der Waals surface area contributed by atoms with Crippen LogP contribution in [0, 0.1) is 0 Å². The van der Waals surface area contributed by atoms with Gasteiger partial charge < -0.3 is 15.2 Å². The first-order valence-electron chi connectivity index (χ1n) is 13.2. The first-order valence-corrected chi connectivity index (χ1v) is 14.0. The van der Waals surface area contributed by atoms with Crippen molar-refractivity contribution in [3.63, 3.8) is 0 Å². The lowest BCUT2D eigenvalue weighted by molar-refractivity contribution is -0.137. The number of rotatable bonds is 10. The molecule has 0 atom stereocenters. The van der Waals surface area contributed by atoms with Crippen LogP contribution in [-0.2, 0) is 19.8 Å². The number of thiophene rings is 1. The molecule has 0 bridgehead atoms. The Morgan fingerprint density at radius 3 is 2.66 bits per heavy atom. The highest BCUT2D eigenvalue weighted by atomic mass is 32.1. The zero-order chi connectivity index (χ0) is 31.4. The summed E-state index contributed by atoms with van der Waals surface area (Å²) >= 11 is 1.47. The molecule has 4 aromatic heterocycles. The van der Waals surface area contributed by atoms with Crippen LogP contribution >= 0.6 is 11.3 Å². The summed E-state index contributed by atoms with van der Waals surface area (Å²) in [6, 6.07) is 10.4. The molecule has 0 saturated carbocycles. The molecule has 226 valence electrons. The van der Waals surface area contributed by atoms with Crippen LogP contribution in [0.15, 0.2) is 91.3 Å². The van der Waals surface area contributed by atoms with Crippen LogP contribution in [0.2, 0.25) is 0 Å². The van der Waals surface area contributed by atoms with E-state index >= 15 is 0 Å². The fraction of sp³-hybridized carbons (Fsp3) is 0.161. The topological polar surface area (TPSA) is 84.7 Å². The fourth-order valence-corrected chi connectivity index (χ4v) is 5.50. The number of allylic oxidation sites excluding steroid dienone is 3. The molecular formula is C31H25F5N6OS. The van der Waals surface area contributed by atoms with Gasteiger partial charge in [0.1, 0.15) is 23.8 Å². The molecule has 0 aliphatic heterocycles. The number of amides is 1. The number of fused-ring (bicyclic) bond motifs is 3. The van der Waals surface area contributed by atoms with Crippen LogP contribution in [0.5, 0.6) is 0 Å². The minimum atomic E-state index is -4.74. The van der Waals surface area contributed by atoms with Crippen LogP contribution < -0.4 is 10.6 Å². The number of anilines is 1. The number of hydrogen-bond acceptors (Lipinski definition) is 6. The molecule has 0 spiro atoms. The van der Waals surface area contributed by atoms with Crippen molar-refractivity contribution >= 4 is 45.0 Å². The van der Waals surface area contributed by atoms with E-state index in [9.17, 15) is 26.7 Å². The normalized spacial score (nSPS) is 12.6. The first kappa shape index (κ1) is 30.5. The third-order valence-corrected chi connectivity index (χ3v) is 7.77. The lowest BCUT2D eigenvalue weighted by Crippen LogP contribution is -2.27. The molecule has 44 heavy (non-hydrogen) atoms. The molecule has 0 radical (unpaired) electrons. The fourth-order valence-electron chi connectivity index (χ4n) is 4.55. The SMILES string of the molecule is C=C/C=C(\C=C(\F)CF)CNC(=O)c1cc(C(F)(F)F)cnc1NCc1ccc(-c2ccc3ncc4ncn(C)c4c3c2)s1. The Balaban J connectivity index is 1.37. The molecule has 2 N–H and O–H groups in total. The van der Waals surface area contributed by atoms with Gasteiger partial charge in [-0.05, 0) is 47.5 Å². The molecule has 5 aromatic rings. The molecule has 7 nitrogen and oxygen atoms in total. The molecule has 13 heteroatoms. The van der Waals surface area contributed by atoms with E-state index in [0.717, 1.165) is 43.3 Å². The van der Waals surface area contributed by atoms with Gasteiger partial charge >= 0.3 is 6.18 Å². The Labute approximate surface area is 252 Å². The van der Waals surface area contributed by atoms with E-state index in [4.69, 9.17) is 0 Å². The van der Waals surface area contributed by atoms with Gasteiger partial charge in [0.05, 0.1) is 41.2 Å². The van der Waals surface area contributed by atoms with Crippen molar-refractivity contribution in [1.82, 2.24) is 24.8 Å². The van der Waals surface area contributed by atoms with E-state index in [1.807, 2.05) is 41.9 Å². The lowest BCUT2D eigenvalue weighted by atomic mass is 10.1. The second-order valence-corrected chi connectivity index (χ2v) is 10.9. The number of aryl methyl sites for hydroxylation is 1. The molecule has 1 aromatic carbocycles. The van der Waals surface area contributed by atoms with E-state index in [-0.39, 0.29) is 30.0 Å². The summed E-state index contributed by atoms with van der Waals surface area (Å²) in [5.41, 5.74) is 2.24. The Morgan fingerprint density at radius 1 is 1.09 bits per heavy atom. The standard InChI is InChI=1S/C31H25F5N6OS/c1-3-4-18(9-21(33)12-32)13-40-30(43)24-11-20(31(34,35)36)14-38-29(24)39-15-22-6-8-27(44-22)19-5-7-25-23(10-19)28-26(16-37-25)41-17-42(28)2/h3-11,14,16-17H,1,12-13,15H2,2H3,(H,38,39)(H,40,43)/b18-4+,21-9+. The number of nitrogens with one attached hydrogen (secondary N) is 2. The molecule has 0 fully saturated rings. The molecule has 0 aliphatic carbocycles. The smallest absolute Gasteiger partial charge is 0.365 e. The van der Waals surface area contributed by atoms with Gasteiger partial charge in [0.15, 0.2) is 0 Å². The number of alkyl halides is 4. The average Bonchev–Trinajstić information content (AvgIpc) is 3.64. The van der Waals surface area contributed by atoms with Crippen LogP contribution in [0.1, 0.15) is 20.8 Å². The van der Waals surface area contributed by atoms with Gasteiger partial charge in [-0.25, -0.2) is 18.7 Å². The van der Waals surface area contributed by atoms with Crippen LogP contribution in [0.3, 0.4) is 0 Å². The minimum absolute atomic E-state index is 0.0689. The maximum absolute atomic E-state index is 13.5. The summed E-state index contributed by atoms with van der Waals surface area (Å²) in [5, 5.41) is 6.35. The highest BCUT2D eigenvalue weighted by Crippen LogP contribution is 2.34.